The second kappa shape index (κ2) is 4.75. The maximum atomic E-state index is 5.53. The number of nitrogens with two attached hydrogens (primary N) is 1. The lowest BCUT2D eigenvalue weighted by molar-refractivity contribution is -0.0858. The van der Waals surface area contributed by atoms with Crippen molar-refractivity contribution in [2.45, 2.75) is 31.4 Å². The number of methoxy groups -OCH3 is 1. The fourth-order valence-corrected chi connectivity index (χ4v) is 2.27. The Hall–Kier alpha value is -1.73. The van der Waals surface area contributed by atoms with Crippen molar-refractivity contribution < 1.29 is 9.26 Å². The van der Waals surface area contributed by atoms with Gasteiger partial charge >= 0.3 is 0 Å². The highest BCUT2D eigenvalue weighted by Gasteiger charge is 2.43. The van der Waals surface area contributed by atoms with Crippen LogP contribution in [0.15, 0.2) is 17.0 Å². The van der Waals surface area contributed by atoms with Gasteiger partial charge in [0, 0.05) is 26.4 Å². The van der Waals surface area contributed by atoms with E-state index < -0.39 is 0 Å². The Morgan fingerprint density at radius 2 is 2.37 bits per heavy atom. The Kier molecular flexibility index (Phi) is 3.08. The summed E-state index contributed by atoms with van der Waals surface area (Å²) in [4.78, 5) is 8.65. The third kappa shape index (κ3) is 2.04. The summed E-state index contributed by atoms with van der Waals surface area (Å²) in [7, 11) is 1.69. The minimum atomic E-state index is -0.360. The number of nitrogens with zero attached hydrogens (tertiary/aromatic N) is 4. The van der Waals surface area contributed by atoms with Crippen LogP contribution in [0.1, 0.15) is 25.1 Å². The minimum Gasteiger partial charge on any atom is -0.370 e. The Morgan fingerprint density at radius 1 is 1.53 bits per heavy atom. The number of imidazole rings is 1. The fourth-order valence-electron chi connectivity index (χ4n) is 2.27. The summed E-state index contributed by atoms with van der Waals surface area (Å²) in [6.07, 6.45) is 6.56. The maximum absolute atomic E-state index is 5.53. The first-order chi connectivity index (χ1) is 9.27. The molecule has 1 aliphatic carbocycles. The van der Waals surface area contributed by atoms with E-state index in [-0.39, 0.29) is 5.60 Å². The molecule has 7 nitrogen and oxygen atoms in total. The zero-order valence-electron chi connectivity index (χ0n) is 10.9. The van der Waals surface area contributed by atoms with Gasteiger partial charge in [0.1, 0.15) is 11.3 Å². The van der Waals surface area contributed by atoms with Crippen molar-refractivity contribution in [3.05, 3.63) is 18.3 Å². The number of ether oxygens (including phenoxy) is 1. The molecular formula is C12H17N5O2. The molecule has 3 rings (SSSR count). The summed E-state index contributed by atoms with van der Waals surface area (Å²) < 4.78 is 12.7. The lowest BCUT2D eigenvalue weighted by Crippen LogP contribution is -2.37. The average Bonchev–Trinajstić information content (AvgIpc) is 2.98. The van der Waals surface area contributed by atoms with Crippen molar-refractivity contribution >= 4 is 0 Å². The Balaban J connectivity index is 1.84. The van der Waals surface area contributed by atoms with Crippen molar-refractivity contribution in [3.8, 4) is 11.6 Å². The van der Waals surface area contributed by atoms with Crippen molar-refractivity contribution in [2.75, 3.05) is 13.7 Å². The van der Waals surface area contributed by atoms with E-state index in [4.69, 9.17) is 15.0 Å². The molecule has 0 aliphatic heterocycles. The van der Waals surface area contributed by atoms with E-state index in [1.165, 1.54) is 0 Å². The van der Waals surface area contributed by atoms with Gasteiger partial charge in [-0.3, -0.25) is 0 Å². The summed E-state index contributed by atoms with van der Waals surface area (Å²) >= 11 is 0. The fraction of sp³-hybridized carbons (Fsp3) is 0.583. The molecule has 7 heteroatoms. The molecule has 2 N–H and O–H groups in total. The topological polar surface area (TPSA) is 92.0 Å². The average molecular weight is 263 g/mol. The summed E-state index contributed by atoms with van der Waals surface area (Å²) in [5.74, 6) is 1.04. The lowest BCUT2D eigenvalue weighted by atomic mass is 9.79. The molecule has 19 heavy (non-hydrogen) atoms. The van der Waals surface area contributed by atoms with E-state index >= 15 is 0 Å². The lowest BCUT2D eigenvalue weighted by Gasteiger charge is -2.37. The van der Waals surface area contributed by atoms with Crippen molar-refractivity contribution in [1.82, 2.24) is 19.7 Å². The SMILES string of the molecule is COC1(c2noc(-c3cn(CCN)cn3)n2)CCC1. The van der Waals surface area contributed by atoms with Gasteiger partial charge in [0.15, 0.2) is 0 Å². The zero-order chi connectivity index (χ0) is 13.3. The van der Waals surface area contributed by atoms with E-state index in [1.807, 2.05) is 10.8 Å². The largest absolute Gasteiger partial charge is 0.370 e. The normalized spacial score (nSPS) is 17.4. The third-order valence-corrected chi connectivity index (χ3v) is 3.63. The molecule has 0 saturated heterocycles. The standard InChI is InChI=1S/C12H17N5O2/c1-18-12(3-2-4-12)11-15-10(19-16-11)9-7-17(6-5-13)8-14-9/h7-8H,2-6,13H2,1H3. The second-order valence-corrected chi connectivity index (χ2v) is 4.76. The predicted octanol–water partition coefficient (Wildman–Crippen LogP) is 0.917. The first kappa shape index (κ1) is 12.3. The van der Waals surface area contributed by atoms with Gasteiger partial charge in [-0.05, 0) is 19.3 Å². The van der Waals surface area contributed by atoms with Crippen LogP contribution < -0.4 is 5.73 Å². The van der Waals surface area contributed by atoms with Gasteiger partial charge in [-0.15, -0.1) is 0 Å². The number of hydrogen-bond acceptors (Lipinski definition) is 6. The van der Waals surface area contributed by atoms with Crippen molar-refractivity contribution in [3.63, 3.8) is 0 Å². The molecular weight excluding hydrogens is 246 g/mol. The molecule has 2 heterocycles. The molecule has 1 aliphatic rings. The highest BCUT2D eigenvalue weighted by molar-refractivity contribution is 5.44. The van der Waals surface area contributed by atoms with E-state index in [2.05, 4.69) is 15.1 Å². The molecule has 0 radical (unpaired) electrons. The van der Waals surface area contributed by atoms with Gasteiger partial charge in [0.2, 0.25) is 5.82 Å². The Bertz CT molecular complexity index is 552. The van der Waals surface area contributed by atoms with Gasteiger partial charge in [0.25, 0.3) is 5.89 Å². The van der Waals surface area contributed by atoms with Crippen LogP contribution in [0, 0.1) is 0 Å². The first-order valence-electron chi connectivity index (χ1n) is 6.39. The third-order valence-electron chi connectivity index (χ3n) is 3.63. The molecule has 1 fully saturated rings. The van der Waals surface area contributed by atoms with Crippen LogP contribution in [0.5, 0.6) is 0 Å². The summed E-state index contributed by atoms with van der Waals surface area (Å²) in [5.41, 5.74) is 5.80. The molecule has 102 valence electrons. The second-order valence-electron chi connectivity index (χ2n) is 4.76. The number of aromatic nitrogens is 4. The van der Waals surface area contributed by atoms with E-state index in [1.54, 1.807) is 13.4 Å². The molecule has 0 aromatic carbocycles. The Labute approximate surface area is 110 Å². The molecule has 0 unspecified atom stereocenters. The maximum Gasteiger partial charge on any atom is 0.278 e. The van der Waals surface area contributed by atoms with E-state index in [9.17, 15) is 0 Å². The van der Waals surface area contributed by atoms with Gasteiger partial charge in [-0.25, -0.2) is 4.98 Å². The minimum absolute atomic E-state index is 0.360. The molecule has 0 bridgehead atoms. The van der Waals surface area contributed by atoms with E-state index in [0.717, 1.165) is 25.8 Å². The van der Waals surface area contributed by atoms with E-state index in [0.29, 0.717) is 24.0 Å². The predicted molar refractivity (Wildman–Crippen MR) is 67.1 cm³/mol. The van der Waals surface area contributed by atoms with Crippen LogP contribution in [-0.4, -0.2) is 33.3 Å². The number of hydrogen-bond donors (Lipinski definition) is 1. The van der Waals surface area contributed by atoms with Gasteiger partial charge in [-0.1, -0.05) is 5.16 Å². The molecule has 2 aromatic rings. The molecule has 1 saturated carbocycles. The molecule has 0 spiro atoms. The van der Waals surface area contributed by atoms with Crippen LogP contribution in [0.2, 0.25) is 0 Å². The van der Waals surface area contributed by atoms with Crippen LogP contribution in [-0.2, 0) is 16.9 Å². The zero-order valence-corrected chi connectivity index (χ0v) is 10.9. The van der Waals surface area contributed by atoms with Crippen LogP contribution in [0.3, 0.4) is 0 Å². The van der Waals surface area contributed by atoms with Crippen LogP contribution in [0.4, 0.5) is 0 Å². The van der Waals surface area contributed by atoms with Gasteiger partial charge in [0.05, 0.1) is 6.33 Å². The molecule has 2 aromatic heterocycles. The Morgan fingerprint density at radius 3 is 3.00 bits per heavy atom. The summed E-state index contributed by atoms with van der Waals surface area (Å²) in [6, 6.07) is 0. The van der Waals surface area contributed by atoms with Crippen molar-refractivity contribution in [2.24, 2.45) is 5.73 Å². The highest BCUT2D eigenvalue weighted by atomic mass is 16.5. The van der Waals surface area contributed by atoms with Crippen molar-refractivity contribution in [1.29, 1.82) is 0 Å². The summed E-state index contributed by atoms with van der Waals surface area (Å²) in [6.45, 7) is 1.29. The first-order valence-corrected chi connectivity index (χ1v) is 6.39. The smallest absolute Gasteiger partial charge is 0.278 e. The molecule has 0 amide bonds. The van der Waals surface area contributed by atoms with Gasteiger partial charge < -0.3 is 19.6 Å². The number of rotatable bonds is 5. The van der Waals surface area contributed by atoms with Crippen LogP contribution >= 0.6 is 0 Å². The van der Waals surface area contributed by atoms with Crippen LogP contribution in [0.25, 0.3) is 11.6 Å². The molecule has 0 atom stereocenters. The highest BCUT2D eigenvalue weighted by Crippen LogP contribution is 2.43. The van der Waals surface area contributed by atoms with Gasteiger partial charge in [-0.2, -0.15) is 4.98 Å². The monoisotopic (exact) mass is 263 g/mol. The summed E-state index contributed by atoms with van der Waals surface area (Å²) in [5, 5.41) is 4.03. The quantitative estimate of drug-likeness (QED) is 0.862.